The summed E-state index contributed by atoms with van der Waals surface area (Å²) in [5.41, 5.74) is 3.73. The number of aromatic nitrogens is 1. The van der Waals surface area contributed by atoms with Crippen LogP contribution in [0.1, 0.15) is 29.8 Å². The second-order valence-electron chi connectivity index (χ2n) is 7.54. The number of rotatable bonds is 6. The molecule has 0 unspecified atom stereocenters. The molecule has 7 heteroatoms. The Balaban J connectivity index is 1.92. The minimum absolute atomic E-state index is 0.0319. The molecule has 3 rings (SSSR count). The van der Waals surface area contributed by atoms with Crippen molar-refractivity contribution in [3.05, 3.63) is 65.9 Å². The van der Waals surface area contributed by atoms with Crippen molar-refractivity contribution in [1.29, 1.82) is 0 Å². The molecule has 2 aromatic carbocycles. The number of carbonyl (C=O) groups is 1. The number of ether oxygens (including phenoxy) is 1. The fraction of sp³-hybridized carbons (Fsp3) is 0.261. The van der Waals surface area contributed by atoms with Crippen LogP contribution in [0.3, 0.4) is 0 Å². The number of hydrogen-bond acceptors (Lipinski definition) is 4. The molecule has 1 N–H and O–H groups in total. The highest BCUT2D eigenvalue weighted by atomic mass is 32.2. The summed E-state index contributed by atoms with van der Waals surface area (Å²) in [5, 5.41) is 2.84. The molecule has 1 heterocycles. The molecule has 0 aliphatic rings. The Morgan fingerprint density at radius 3 is 2.30 bits per heavy atom. The first-order valence-electron chi connectivity index (χ1n) is 9.61. The van der Waals surface area contributed by atoms with Crippen LogP contribution in [-0.4, -0.2) is 31.3 Å². The van der Waals surface area contributed by atoms with Gasteiger partial charge in [-0.25, -0.2) is 8.42 Å². The van der Waals surface area contributed by atoms with Gasteiger partial charge in [-0.15, -0.1) is 0 Å². The molecule has 1 amide bonds. The largest absolute Gasteiger partial charge is 0.490 e. The van der Waals surface area contributed by atoms with Gasteiger partial charge in [-0.1, -0.05) is 12.1 Å². The molecule has 0 atom stereocenters. The van der Waals surface area contributed by atoms with Gasteiger partial charge in [0.25, 0.3) is 5.91 Å². The summed E-state index contributed by atoms with van der Waals surface area (Å²) in [6, 6.07) is 13.9. The molecule has 3 aromatic rings. The summed E-state index contributed by atoms with van der Waals surface area (Å²) in [6.07, 6.45) is 2.97. The van der Waals surface area contributed by atoms with Crippen LogP contribution in [0.25, 0.3) is 11.3 Å². The summed E-state index contributed by atoms with van der Waals surface area (Å²) in [6.45, 7) is 5.86. The fourth-order valence-corrected chi connectivity index (χ4v) is 4.00. The van der Waals surface area contributed by atoms with Crippen LogP contribution in [0.2, 0.25) is 0 Å². The molecule has 158 valence electrons. The van der Waals surface area contributed by atoms with Crippen LogP contribution < -0.4 is 10.1 Å². The Morgan fingerprint density at radius 2 is 1.70 bits per heavy atom. The van der Waals surface area contributed by atoms with Gasteiger partial charge in [-0.2, -0.15) is 0 Å². The van der Waals surface area contributed by atoms with Crippen LogP contribution in [0.4, 0.5) is 5.69 Å². The molecule has 0 spiro atoms. The van der Waals surface area contributed by atoms with Crippen molar-refractivity contribution in [2.45, 2.75) is 31.8 Å². The van der Waals surface area contributed by atoms with Crippen molar-refractivity contribution >= 4 is 21.4 Å². The van der Waals surface area contributed by atoms with Gasteiger partial charge in [0.05, 0.1) is 22.3 Å². The van der Waals surface area contributed by atoms with Gasteiger partial charge in [0.15, 0.2) is 9.84 Å². The van der Waals surface area contributed by atoms with Crippen molar-refractivity contribution in [3.8, 4) is 17.0 Å². The highest BCUT2D eigenvalue weighted by molar-refractivity contribution is 7.90. The Labute approximate surface area is 177 Å². The standard InChI is InChI=1S/C23H26N2O4S/c1-15(2)29-21-9-7-6-8-19(21)22-16(3)20(14-25(22)4)23(26)24-17-10-12-18(13-11-17)30(5,27)28/h6-15H,1-5H3,(H,24,26). The smallest absolute Gasteiger partial charge is 0.257 e. The molecule has 1 aromatic heterocycles. The van der Waals surface area contributed by atoms with Gasteiger partial charge >= 0.3 is 0 Å². The lowest BCUT2D eigenvalue weighted by Gasteiger charge is -2.15. The van der Waals surface area contributed by atoms with E-state index in [1.807, 2.05) is 56.7 Å². The van der Waals surface area contributed by atoms with E-state index in [4.69, 9.17) is 4.74 Å². The predicted octanol–water partition coefficient (Wildman–Crippen LogP) is 4.44. The normalized spacial score (nSPS) is 11.5. The molecular formula is C23H26N2O4S. The Morgan fingerprint density at radius 1 is 1.07 bits per heavy atom. The van der Waals surface area contributed by atoms with E-state index in [2.05, 4.69) is 5.32 Å². The summed E-state index contributed by atoms with van der Waals surface area (Å²) in [4.78, 5) is 13.1. The number of aryl methyl sites for hydroxylation is 1. The first-order valence-corrected chi connectivity index (χ1v) is 11.5. The molecule has 0 radical (unpaired) electrons. The van der Waals surface area contributed by atoms with E-state index in [0.29, 0.717) is 11.3 Å². The first-order chi connectivity index (χ1) is 14.1. The number of nitrogens with zero attached hydrogens (tertiary/aromatic N) is 1. The summed E-state index contributed by atoms with van der Waals surface area (Å²) in [5.74, 6) is 0.504. The van der Waals surface area contributed by atoms with Gasteiger partial charge < -0.3 is 14.6 Å². The number of para-hydroxylation sites is 1. The second-order valence-corrected chi connectivity index (χ2v) is 9.56. The zero-order chi connectivity index (χ0) is 22.1. The summed E-state index contributed by atoms with van der Waals surface area (Å²) in [7, 11) is -1.39. The van der Waals surface area contributed by atoms with Crippen molar-refractivity contribution in [1.82, 2.24) is 4.57 Å². The molecule has 0 bridgehead atoms. The average molecular weight is 427 g/mol. The van der Waals surface area contributed by atoms with Crippen LogP contribution in [0, 0.1) is 6.92 Å². The molecule has 0 aliphatic carbocycles. The molecule has 0 aliphatic heterocycles. The van der Waals surface area contributed by atoms with Crippen LogP contribution in [0.15, 0.2) is 59.6 Å². The number of nitrogens with one attached hydrogen (secondary N) is 1. The lowest BCUT2D eigenvalue weighted by atomic mass is 10.0. The van der Waals surface area contributed by atoms with Crippen molar-refractivity contribution in [3.63, 3.8) is 0 Å². The maximum Gasteiger partial charge on any atom is 0.257 e. The third-order valence-corrected chi connectivity index (χ3v) is 5.85. The number of carbonyl (C=O) groups excluding carboxylic acids is 1. The molecule has 0 saturated heterocycles. The quantitative estimate of drug-likeness (QED) is 0.632. The Kier molecular flexibility index (Phi) is 6.03. The highest BCUT2D eigenvalue weighted by Crippen LogP contribution is 2.35. The number of amides is 1. The number of hydrogen-bond donors (Lipinski definition) is 1. The maximum absolute atomic E-state index is 12.9. The fourth-order valence-electron chi connectivity index (χ4n) is 3.37. The average Bonchev–Trinajstić information content (AvgIpc) is 2.96. The van der Waals surface area contributed by atoms with Crippen molar-refractivity contribution < 1.29 is 17.9 Å². The Bertz CT molecular complexity index is 1180. The first kappa shape index (κ1) is 21.6. The molecule has 30 heavy (non-hydrogen) atoms. The molecular weight excluding hydrogens is 400 g/mol. The van der Waals surface area contributed by atoms with Gasteiger partial charge in [-0.3, -0.25) is 4.79 Å². The van der Waals surface area contributed by atoms with E-state index < -0.39 is 9.84 Å². The monoisotopic (exact) mass is 426 g/mol. The topological polar surface area (TPSA) is 77.4 Å². The summed E-state index contributed by atoms with van der Waals surface area (Å²) < 4.78 is 31.1. The third-order valence-electron chi connectivity index (χ3n) is 4.72. The minimum atomic E-state index is -3.28. The lowest BCUT2D eigenvalue weighted by Crippen LogP contribution is -2.12. The molecule has 6 nitrogen and oxygen atoms in total. The van der Waals surface area contributed by atoms with Crippen LogP contribution in [-0.2, 0) is 16.9 Å². The summed E-state index contributed by atoms with van der Waals surface area (Å²) >= 11 is 0. The van der Waals surface area contributed by atoms with Crippen molar-refractivity contribution in [2.24, 2.45) is 7.05 Å². The van der Waals surface area contributed by atoms with E-state index in [-0.39, 0.29) is 16.9 Å². The van der Waals surface area contributed by atoms with Gasteiger partial charge in [-0.05, 0) is 62.7 Å². The van der Waals surface area contributed by atoms with E-state index in [0.717, 1.165) is 28.8 Å². The Hall–Kier alpha value is -3.06. The maximum atomic E-state index is 12.9. The van der Waals surface area contributed by atoms with Crippen LogP contribution >= 0.6 is 0 Å². The van der Waals surface area contributed by atoms with Crippen LogP contribution in [0.5, 0.6) is 5.75 Å². The SMILES string of the molecule is Cc1c(C(=O)Nc2ccc(S(C)(=O)=O)cc2)cn(C)c1-c1ccccc1OC(C)C. The van der Waals surface area contributed by atoms with Gasteiger partial charge in [0, 0.05) is 30.8 Å². The van der Waals surface area contributed by atoms with E-state index in [9.17, 15) is 13.2 Å². The van der Waals surface area contributed by atoms with E-state index in [1.54, 1.807) is 18.3 Å². The highest BCUT2D eigenvalue weighted by Gasteiger charge is 2.20. The second kappa shape index (κ2) is 8.36. The van der Waals surface area contributed by atoms with Gasteiger partial charge in [0.1, 0.15) is 5.75 Å². The molecule has 0 saturated carbocycles. The lowest BCUT2D eigenvalue weighted by molar-refractivity contribution is 0.102. The third kappa shape index (κ3) is 4.57. The van der Waals surface area contributed by atoms with Crippen molar-refractivity contribution in [2.75, 3.05) is 11.6 Å². The number of anilines is 1. The van der Waals surface area contributed by atoms with Gasteiger partial charge in [0.2, 0.25) is 0 Å². The zero-order valence-electron chi connectivity index (χ0n) is 17.8. The zero-order valence-corrected chi connectivity index (χ0v) is 18.6. The molecule has 0 fully saturated rings. The minimum Gasteiger partial charge on any atom is -0.490 e. The van der Waals surface area contributed by atoms with E-state index in [1.165, 1.54) is 12.1 Å². The van der Waals surface area contributed by atoms with E-state index >= 15 is 0 Å². The number of benzene rings is 2. The predicted molar refractivity (Wildman–Crippen MR) is 119 cm³/mol. The number of sulfone groups is 1.